The maximum absolute atomic E-state index is 5.89. The van der Waals surface area contributed by atoms with Gasteiger partial charge in [0.15, 0.2) is 5.76 Å². The van der Waals surface area contributed by atoms with Gasteiger partial charge in [-0.3, -0.25) is 0 Å². The van der Waals surface area contributed by atoms with Crippen molar-refractivity contribution in [3.8, 4) is 10.6 Å². The van der Waals surface area contributed by atoms with Gasteiger partial charge in [0.25, 0.3) is 0 Å². The summed E-state index contributed by atoms with van der Waals surface area (Å²) in [4.78, 5) is 5.30. The summed E-state index contributed by atoms with van der Waals surface area (Å²) in [5.74, 6) is 1.50. The Bertz CT molecular complexity index is 480. The molecular weight excluding hydrogens is 256 g/mol. The monoisotopic (exact) mass is 270 g/mol. The van der Waals surface area contributed by atoms with Gasteiger partial charge in [-0.1, -0.05) is 18.5 Å². The van der Waals surface area contributed by atoms with E-state index in [1.807, 2.05) is 19.1 Å². The molecule has 3 nitrogen and oxygen atoms in total. The van der Waals surface area contributed by atoms with Crippen molar-refractivity contribution in [2.45, 2.75) is 26.3 Å². The number of hydrogen-bond acceptors (Lipinski definition) is 4. The molecule has 0 radical (unpaired) electrons. The molecule has 0 aliphatic heterocycles. The number of hydrogen-bond donors (Lipinski definition) is 1. The lowest BCUT2D eigenvalue weighted by molar-refractivity contribution is 0.423. The van der Waals surface area contributed by atoms with E-state index in [0.29, 0.717) is 0 Å². The van der Waals surface area contributed by atoms with Crippen LogP contribution in [0.1, 0.15) is 32.2 Å². The average Bonchev–Trinajstić information content (AvgIpc) is 2.93. The molecule has 17 heavy (non-hydrogen) atoms. The van der Waals surface area contributed by atoms with Crippen molar-refractivity contribution in [1.29, 1.82) is 0 Å². The third-order valence-corrected chi connectivity index (χ3v) is 3.66. The van der Waals surface area contributed by atoms with Gasteiger partial charge in [-0.15, -0.1) is 11.3 Å². The van der Waals surface area contributed by atoms with Gasteiger partial charge >= 0.3 is 0 Å². The summed E-state index contributed by atoms with van der Waals surface area (Å²) in [6, 6.07) is 3.95. The van der Waals surface area contributed by atoms with Crippen LogP contribution in [-0.4, -0.2) is 11.5 Å². The molecule has 1 atom stereocenters. The Labute approximate surface area is 110 Å². The summed E-state index contributed by atoms with van der Waals surface area (Å²) in [6.07, 6.45) is 2.85. The van der Waals surface area contributed by atoms with Crippen molar-refractivity contribution in [2.24, 2.45) is 0 Å². The molecule has 2 rings (SSSR count). The van der Waals surface area contributed by atoms with E-state index in [4.69, 9.17) is 16.0 Å². The van der Waals surface area contributed by atoms with E-state index in [1.165, 1.54) is 11.3 Å². The molecule has 2 aromatic heterocycles. The number of halogens is 1. The Morgan fingerprint density at radius 2 is 2.35 bits per heavy atom. The van der Waals surface area contributed by atoms with Gasteiger partial charge < -0.3 is 9.73 Å². The SMILES string of the molecule is CCCNC(C)c1ncc(-c2ccc(Cl)s2)o1. The summed E-state index contributed by atoms with van der Waals surface area (Å²) in [7, 11) is 0. The largest absolute Gasteiger partial charge is 0.438 e. The van der Waals surface area contributed by atoms with Crippen LogP contribution < -0.4 is 5.32 Å². The second kappa shape index (κ2) is 5.67. The molecule has 1 N–H and O–H groups in total. The fourth-order valence-electron chi connectivity index (χ4n) is 1.50. The number of oxazole rings is 1. The van der Waals surface area contributed by atoms with Crippen LogP contribution in [0.15, 0.2) is 22.7 Å². The molecule has 0 amide bonds. The molecule has 2 heterocycles. The lowest BCUT2D eigenvalue weighted by Gasteiger charge is -2.08. The van der Waals surface area contributed by atoms with Crippen LogP contribution in [0.3, 0.4) is 0 Å². The second-order valence-corrected chi connectivity index (χ2v) is 5.56. The molecule has 1 unspecified atom stereocenters. The van der Waals surface area contributed by atoms with Gasteiger partial charge in [-0.2, -0.15) is 0 Å². The molecule has 0 saturated heterocycles. The van der Waals surface area contributed by atoms with Crippen molar-refractivity contribution in [2.75, 3.05) is 6.54 Å². The first kappa shape index (κ1) is 12.6. The fraction of sp³-hybridized carbons (Fsp3) is 0.417. The first-order valence-corrected chi connectivity index (χ1v) is 6.85. The van der Waals surface area contributed by atoms with Crippen LogP contribution in [0.4, 0.5) is 0 Å². The third-order valence-electron chi connectivity index (χ3n) is 2.41. The minimum atomic E-state index is 0.138. The molecule has 5 heteroatoms. The number of aromatic nitrogens is 1. The third kappa shape index (κ3) is 3.09. The minimum absolute atomic E-state index is 0.138. The number of thiophene rings is 1. The minimum Gasteiger partial charge on any atom is -0.438 e. The molecule has 0 fully saturated rings. The van der Waals surface area contributed by atoms with Crippen LogP contribution in [-0.2, 0) is 0 Å². The topological polar surface area (TPSA) is 38.1 Å². The highest BCUT2D eigenvalue weighted by Gasteiger charge is 2.13. The smallest absolute Gasteiger partial charge is 0.211 e. The van der Waals surface area contributed by atoms with E-state index in [1.54, 1.807) is 6.20 Å². The van der Waals surface area contributed by atoms with Crippen LogP contribution in [0.25, 0.3) is 10.6 Å². The molecular formula is C12H15ClN2OS. The maximum atomic E-state index is 5.89. The summed E-state index contributed by atoms with van der Waals surface area (Å²) in [6.45, 7) is 5.14. The Balaban J connectivity index is 2.10. The molecule has 92 valence electrons. The van der Waals surface area contributed by atoms with E-state index in [9.17, 15) is 0 Å². The maximum Gasteiger partial charge on any atom is 0.211 e. The summed E-state index contributed by atoms with van der Waals surface area (Å²) in [5, 5.41) is 3.34. The number of nitrogens with one attached hydrogen (secondary N) is 1. The van der Waals surface area contributed by atoms with Gasteiger partial charge in [-0.05, 0) is 32.0 Å². The zero-order chi connectivity index (χ0) is 12.3. The Morgan fingerprint density at radius 3 is 3.00 bits per heavy atom. The van der Waals surface area contributed by atoms with Gasteiger partial charge in [0, 0.05) is 0 Å². The second-order valence-electron chi connectivity index (χ2n) is 3.84. The van der Waals surface area contributed by atoms with Crippen molar-refractivity contribution in [3.05, 3.63) is 28.6 Å². The Kier molecular flexibility index (Phi) is 4.20. The lowest BCUT2D eigenvalue weighted by Crippen LogP contribution is -2.19. The van der Waals surface area contributed by atoms with Crippen LogP contribution in [0, 0.1) is 0 Å². The highest BCUT2D eigenvalue weighted by molar-refractivity contribution is 7.19. The van der Waals surface area contributed by atoms with Gasteiger partial charge in [0.2, 0.25) is 5.89 Å². The molecule has 0 spiro atoms. The Hall–Kier alpha value is -0.840. The first-order valence-electron chi connectivity index (χ1n) is 5.65. The molecule has 0 aliphatic carbocycles. The van der Waals surface area contributed by atoms with Crippen molar-refractivity contribution in [3.63, 3.8) is 0 Å². The summed E-state index contributed by atoms with van der Waals surface area (Å²) >= 11 is 7.39. The van der Waals surface area contributed by atoms with Crippen LogP contribution in [0.5, 0.6) is 0 Å². The van der Waals surface area contributed by atoms with Crippen molar-refractivity contribution in [1.82, 2.24) is 10.3 Å². The van der Waals surface area contributed by atoms with Crippen LogP contribution in [0.2, 0.25) is 4.34 Å². The van der Waals surface area contributed by atoms with Gasteiger partial charge in [0.1, 0.15) is 0 Å². The first-order chi connectivity index (χ1) is 8.20. The number of nitrogens with zero attached hydrogens (tertiary/aromatic N) is 1. The zero-order valence-corrected chi connectivity index (χ0v) is 11.4. The molecule has 0 saturated carbocycles. The summed E-state index contributed by atoms with van der Waals surface area (Å²) in [5.41, 5.74) is 0. The summed E-state index contributed by atoms with van der Waals surface area (Å²) < 4.78 is 6.48. The number of rotatable bonds is 5. The lowest BCUT2D eigenvalue weighted by atomic mass is 10.3. The van der Waals surface area contributed by atoms with E-state index in [0.717, 1.165) is 33.8 Å². The average molecular weight is 271 g/mol. The zero-order valence-electron chi connectivity index (χ0n) is 9.87. The predicted molar refractivity (Wildman–Crippen MR) is 71.5 cm³/mol. The van der Waals surface area contributed by atoms with E-state index >= 15 is 0 Å². The normalized spacial score (nSPS) is 12.9. The highest BCUT2D eigenvalue weighted by Crippen LogP contribution is 2.32. The fourth-order valence-corrected chi connectivity index (χ4v) is 2.49. The predicted octanol–water partition coefficient (Wildman–Crippen LogP) is 4.12. The van der Waals surface area contributed by atoms with Crippen LogP contribution >= 0.6 is 22.9 Å². The highest BCUT2D eigenvalue weighted by atomic mass is 35.5. The molecule has 2 aromatic rings. The van der Waals surface area contributed by atoms with E-state index < -0.39 is 0 Å². The standard InChI is InChI=1S/C12H15ClN2OS/c1-3-6-14-8(2)12-15-7-9(16-12)10-4-5-11(13)17-10/h4-5,7-8,14H,3,6H2,1-2H3. The molecule has 0 bridgehead atoms. The quantitative estimate of drug-likeness (QED) is 0.888. The molecule has 0 aliphatic rings. The van der Waals surface area contributed by atoms with E-state index in [2.05, 4.69) is 17.2 Å². The van der Waals surface area contributed by atoms with Gasteiger partial charge in [-0.25, -0.2) is 4.98 Å². The van der Waals surface area contributed by atoms with Crippen molar-refractivity contribution < 1.29 is 4.42 Å². The Morgan fingerprint density at radius 1 is 1.53 bits per heavy atom. The van der Waals surface area contributed by atoms with Crippen molar-refractivity contribution >= 4 is 22.9 Å². The van der Waals surface area contributed by atoms with Gasteiger partial charge in [0.05, 0.1) is 21.5 Å². The van der Waals surface area contributed by atoms with E-state index in [-0.39, 0.29) is 6.04 Å². The molecule has 0 aromatic carbocycles.